The van der Waals surface area contributed by atoms with E-state index in [1.165, 1.54) is 18.2 Å². The average molecular weight is 388 g/mol. The fourth-order valence-corrected chi connectivity index (χ4v) is 3.42. The summed E-state index contributed by atoms with van der Waals surface area (Å²) >= 11 is 0. The van der Waals surface area contributed by atoms with Gasteiger partial charge in [0.15, 0.2) is 0 Å². The van der Waals surface area contributed by atoms with E-state index >= 15 is 0 Å². The molecule has 144 valence electrons. The van der Waals surface area contributed by atoms with Crippen LogP contribution in [0.25, 0.3) is 0 Å². The van der Waals surface area contributed by atoms with Crippen molar-refractivity contribution in [3.63, 3.8) is 0 Å². The number of hydrogen-bond acceptors (Lipinski definition) is 4. The number of phenolic OH excluding ortho intramolecular Hbond substituents is 1. The maximum absolute atomic E-state index is 12.6. The van der Waals surface area contributed by atoms with Gasteiger partial charge in [-0.05, 0) is 49.1 Å². The molecule has 0 radical (unpaired) electrons. The zero-order chi connectivity index (χ0) is 20.2. The topological polar surface area (TPSA) is 95.5 Å². The molecular formula is C20H24N2O4S. The average Bonchev–Trinajstić information content (AvgIpc) is 2.63. The fraction of sp³-hybridized carbons (Fsp3) is 0.250. The highest BCUT2D eigenvalue weighted by Gasteiger charge is 2.17. The third kappa shape index (κ3) is 5.10. The van der Waals surface area contributed by atoms with Crippen LogP contribution in [0, 0.1) is 0 Å². The van der Waals surface area contributed by atoms with Gasteiger partial charge in [0.05, 0.1) is 10.6 Å². The lowest BCUT2D eigenvalue weighted by atomic mass is 9.99. The molecule has 1 atom stereocenters. The maximum atomic E-state index is 12.6. The Labute approximate surface area is 160 Å². The molecule has 0 fully saturated rings. The van der Waals surface area contributed by atoms with Gasteiger partial charge in [-0.2, -0.15) is 0 Å². The molecular weight excluding hydrogens is 364 g/mol. The summed E-state index contributed by atoms with van der Waals surface area (Å²) in [6.07, 6.45) is 0.965. The van der Waals surface area contributed by atoms with Crippen molar-refractivity contribution in [1.82, 2.24) is 0 Å². The maximum Gasteiger partial charge on any atom is 0.262 e. The van der Waals surface area contributed by atoms with Gasteiger partial charge in [-0.3, -0.25) is 9.52 Å². The standard InChI is InChI=1S/C20H24N2O4S/c1-5-14(4)15-6-9-17(10-7-15)27(25,26)22-18-11-8-16(12-19(18)23)21-20(24)13(2)3/h6-12,14,22-23H,2,5H2,1,3-4H3,(H,21,24)/t14-/m1/s1. The van der Waals surface area contributed by atoms with Crippen LogP contribution in [-0.2, 0) is 14.8 Å². The molecule has 0 unspecified atom stereocenters. The Morgan fingerprint density at radius 2 is 1.81 bits per heavy atom. The van der Waals surface area contributed by atoms with E-state index in [1.54, 1.807) is 31.2 Å². The number of nitrogens with one attached hydrogen (secondary N) is 2. The molecule has 0 saturated heterocycles. The number of aromatic hydroxyl groups is 1. The number of carbonyl (C=O) groups is 1. The molecule has 2 rings (SSSR count). The highest BCUT2D eigenvalue weighted by molar-refractivity contribution is 7.92. The molecule has 2 aromatic carbocycles. The monoisotopic (exact) mass is 388 g/mol. The quantitative estimate of drug-likeness (QED) is 0.489. The van der Waals surface area contributed by atoms with Crippen LogP contribution in [0.2, 0.25) is 0 Å². The summed E-state index contributed by atoms with van der Waals surface area (Å²) < 4.78 is 27.5. The molecule has 27 heavy (non-hydrogen) atoms. The first-order valence-corrected chi connectivity index (χ1v) is 10.0. The highest BCUT2D eigenvalue weighted by atomic mass is 32.2. The van der Waals surface area contributed by atoms with Crippen LogP contribution in [0.5, 0.6) is 5.75 Å². The summed E-state index contributed by atoms with van der Waals surface area (Å²) in [5.41, 5.74) is 1.74. The third-order valence-electron chi connectivity index (χ3n) is 4.26. The predicted molar refractivity (Wildman–Crippen MR) is 108 cm³/mol. The molecule has 0 aliphatic rings. The Hall–Kier alpha value is -2.80. The normalized spacial score (nSPS) is 12.3. The van der Waals surface area contributed by atoms with E-state index < -0.39 is 10.0 Å². The van der Waals surface area contributed by atoms with Crippen molar-refractivity contribution in [2.75, 3.05) is 10.0 Å². The lowest BCUT2D eigenvalue weighted by Gasteiger charge is -2.13. The van der Waals surface area contributed by atoms with Crippen LogP contribution < -0.4 is 10.0 Å². The second-order valence-corrected chi connectivity index (χ2v) is 8.13. The van der Waals surface area contributed by atoms with E-state index in [-0.39, 0.29) is 22.2 Å². The van der Waals surface area contributed by atoms with Gasteiger partial charge in [0.25, 0.3) is 15.9 Å². The van der Waals surface area contributed by atoms with Crippen molar-refractivity contribution >= 4 is 27.3 Å². The summed E-state index contributed by atoms with van der Waals surface area (Å²) in [7, 11) is -3.85. The third-order valence-corrected chi connectivity index (χ3v) is 5.64. The van der Waals surface area contributed by atoms with Crippen LogP contribution in [0.1, 0.15) is 38.7 Å². The van der Waals surface area contributed by atoms with Gasteiger partial charge in [-0.15, -0.1) is 0 Å². The van der Waals surface area contributed by atoms with Crippen LogP contribution in [-0.4, -0.2) is 19.4 Å². The van der Waals surface area contributed by atoms with Crippen molar-refractivity contribution < 1.29 is 18.3 Å². The fourth-order valence-electron chi connectivity index (χ4n) is 2.35. The molecule has 0 aliphatic carbocycles. The number of benzene rings is 2. The minimum atomic E-state index is -3.85. The number of rotatable bonds is 7. The van der Waals surface area contributed by atoms with E-state index in [4.69, 9.17) is 0 Å². The first-order valence-electron chi connectivity index (χ1n) is 8.56. The van der Waals surface area contributed by atoms with Gasteiger partial charge in [0.1, 0.15) is 5.75 Å². The molecule has 2 aromatic rings. The van der Waals surface area contributed by atoms with Gasteiger partial charge >= 0.3 is 0 Å². The number of anilines is 2. The van der Waals surface area contributed by atoms with E-state index in [0.29, 0.717) is 17.2 Å². The van der Waals surface area contributed by atoms with E-state index in [0.717, 1.165) is 12.0 Å². The van der Waals surface area contributed by atoms with Crippen LogP contribution in [0.4, 0.5) is 11.4 Å². The SMILES string of the molecule is C=C(C)C(=O)Nc1ccc(NS(=O)(=O)c2ccc([C@H](C)CC)cc2)c(O)c1. The van der Waals surface area contributed by atoms with E-state index in [9.17, 15) is 18.3 Å². The van der Waals surface area contributed by atoms with Gasteiger partial charge in [0, 0.05) is 17.3 Å². The minimum Gasteiger partial charge on any atom is -0.506 e. The minimum absolute atomic E-state index is 0.0225. The molecule has 3 N–H and O–H groups in total. The van der Waals surface area contributed by atoms with E-state index in [2.05, 4.69) is 30.5 Å². The predicted octanol–water partition coefficient (Wildman–Crippen LogP) is 4.22. The van der Waals surface area contributed by atoms with Crippen molar-refractivity contribution in [1.29, 1.82) is 0 Å². The second-order valence-electron chi connectivity index (χ2n) is 6.45. The Balaban J connectivity index is 2.20. The zero-order valence-corrected chi connectivity index (χ0v) is 16.4. The van der Waals surface area contributed by atoms with Crippen molar-refractivity contribution in [2.24, 2.45) is 0 Å². The van der Waals surface area contributed by atoms with Gasteiger partial charge in [-0.25, -0.2) is 8.42 Å². The molecule has 0 spiro atoms. The van der Waals surface area contributed by atoms with Crippen molar-refractivity contribution in [3.05, 3.63) is 60.2 Å². The number of hydrogen-bond donors (Lipinski definition) is 3. The molecule has 0 aromatic heterocycles. The Kier molecular flexibility index (Phi) is 6.28. The van der Waals surface area contributed by atoms with Crippen LogP contribution in [0.15, 0.2) is 59.5 Å². The van der Waals surface area contributed by atoms with Crippen molar-refractivity contribution in [2.45, 2.75) is 38.0 Å². The van der Waals surface area contributed by atoms with E-state index in [1.807, 2.05) is 0 Å². The smallest absolute Gasteiger partial charge is 0.262 e. The summed E-state index contributed by atoms with van der Waals surface area (Å²) in [5.74, 6) is -0.334. The second kappa shape index (κ2) is 8.26. The highest BCUT2D eigenvalue weighted by Crippen LogP contribution is 2.29. The summed E-state index contributed by atoms with van der Waals surface area (Å²) in [4.78, 5) is 11.7. The number of carbonyl (C=O) groups excluding carboxylic acids is 1. The number of sulfonamides is 1. The summed E-state index contributed by atoms with van der Waals surface area (Å²) in [5, 5.41) is 12.7. The summed E-state index contributed by atoms with van der Waals surface area (Å²) in [6.45, 7) is 9.24. The number of phenols is 1. The number of amides is 1. The molecule has 7 heteroatoms. The molecule has 0 saturated carbocycles. The molecule has 6 nitrogen and oxygen atoms in total. The summed E-state index contributed by atoms with van der Waals surface area (Å²) in [6, 6.07) is 10.8. The zero-order valence-electron chi connectivity index (χ0n) is 15.6. The van der Waals surface area contributed by atoms with Crippen LogP contribution >= 0.6 is 0 Å². The first-order chi connectivity index (χ1) is 12.6. The Bertz CT molecular complexity index is 950. The largest absolute Gasteiger partial charge is 0.506 e. The molecule has 0 heterocycles. The van der Waals surface area contributed by atoms with Crippen molar-refractivity contribution in [3.8, 4) is 5.75 Å². The first kappa shape index (κ1) is 20.5. The van der Waals surface area contributed by atoms with Gasteiger partial charge in [0.2, 0.25) is 0 Å². The Morgan fingerprint density at radius 1 is 1.19 bits per heavy atom. The lowest BCUT2D eigenvalue weighted by Crippen LogP contribution is -2.14. The molecule has 0 bridgehead atoms. The Morgan fingerprint density at radius 3 is 2.33 bits per heavy atom. The molecule has 0 aliphatic heterocycles. The molecule has 1 amide bonds. The lowest BCUT2D eigenvalue weighted by molar-refractivity contribution is -0.112. The van der Waals surface area contributed by atoms with Crippen LogP contribution in [0.3, 0.4) is 0 Å². The van der Waals surface area contributed by atoms with Gasteiger partial charge < -0.3 is 10.4 Å². The van der Waals surface area contributed by atoms with Gasteiger partial charge in [-0.1, -0.05) is 32.6 Å².